The zero-order valence-corrected chi connectivity index (χ0v) is 15.7. The lowest BCUT2D eigenvalue weighted by atomic mass is 10.2. The number of halogens is 2. The molecule has 1 heterocycles. The van der Waals surface area contributed by atoms with Crippen LogP contribution < -0.4 is 4.74 Å². The third-order valence-electron chi connectivity index (χ3n) is 3.72. The fourth-order valence-electron chi connectivity index (χ4n) is 2.47. The van der Waals surface area contributed by atoms with Crippen LogP contribution in [0.1, 0.15) is 17.8 Å². The first kappa shape index (κ1) is 18.0. The van der Waals surface area contributed by atoms with Gasteiger partial charge in [0.2, 0.25) is 0 Å². The van der Waals surface area contributed by atoms with Crippen LogP contribution in [0, 0.1) is 4.77 Å². The van der Waals surface area contributed by atoms with Crippen LogP contribution in [0.2, 0.25) is 10.0 Å². The van der Waals surface area contributed by atoms with E-state index >= 15 is 0 Å². The molecular formula is C18H17Cl2N3OS. The van der Waals surface area contributed by atoms with Gasteiger partial charge in [0.25, 0.3) is 0 Å². The predicted molar refractivity (Wildman–Crippen MR) is 103 cm³/mol. The average Bonchev–Trinajstić information content (AvgIpc) is 2.94. The maximum atomic E-state index is 6.10. The van der Waals surface area contributed by atoms with E-state index in [1.54, 1.807) is 18.2 Å². The Hall–Kier alpha value is -1.82. The number of nitrogens with zero attached hydrogens (tertiary/aromatic N) is 2. The van der Waals surface area contributed by atoms with Crippen molar-refractivity contribution in [2.45, 2.75) is 19.4 Å². The normalized spacial score (nSPS) is 10.8. The Morgan fingerprint density at radius 3 is 2.68 bits per heavy atom. The first-order valence-electron chi connectivity index (χ1n) is 7.89. The second-order valence-electron chi connectivity index (χ2n) is 5.54. The van der Waals surface area contributed by atoms with E-state index < -0.39 is 0 Å². The number of ether oxygens (including phenoxy) is 1. The van der Waals surface area contributed by atoms with Gasteiger partial charge in [0.15, 0.2) is 4.77 Å². The molecule has 0 amide bonds. The van der Waals surface area contributed by atoms with E-state index in [9.17, 15) is 0 Å². The van der Waals surface area contributed by atoms with E-state index in [0.29, 0.717) is 33.7 Å². The summed E-state index contributed by atoms with van der Waals surface area (Å²) in [5.41, 5.74) is 1.19. The Labute approximate surface area is 161 Å². The van der Waals surface area contributed by atoms with Crippen molar-refractivity contribution < 1.29 is 4.74 Å². The summed E-state index contributed by atoms with van der Waals surface area (Å²) in [6.07, 6.45) is 1.55. The number of aromatic amines is 1. The van der Waals surface area contributed by atoms with Crippen LogP contribution >= 0.6 is 35.4 Å². The fraction of sp³-hybridized carbons (Fsp3) is 0.222. The molecule has 0 spiro atoms. The van der Waals surface area contributed by atoms with Gasteiger partial charge in [-0.2, -0.15) is 5.10 Å². The van der Waals surface area contributed by atoms with Crippen molar-refractivity contribution in [3.05, 3.63) is 74.7 Å². The van der Waals surface area contributed by atoms with Crippen molar-refractivity contribution in [1.29, 1.82) is 0 Å². The molecule has 4 nitrogen and oxygen atoms in total. The molecule has 7 heteroatoms. The standard InChI is InChI=1S/C18H17Cl2N3OS/c19-14-8-9-16(15(20)11-14)24-10-4-7-17-21-22-18(25)23(17)12-13-5-2-1-3-6-13/h1-3,5-6,8-9,11H,4,7,10,12H2,(H,22,25). The molecule has 25 heavy (non-hydrogen) atoms. The zero-order chi connectivity index (χ0) is 17.6. The molecule has 0 atom stereocenters. The molecule has 3 aromatic rings. The van der Waals surface area contributed by atoms with Crippen molar-refractivity contribution in [2.24, 2.45) is 0 Å². The van der Waals surface area contributed by atoms with Crippen molar-refractivity contribution in [3.8, 4) is 5.75 Å². The first-order chi connectivity index (χ1) is 12.1. The van der Waals surface area contributed by atoms with Gasteiger partial charge in [-0.25, -0.2) is 0 Å². The van der Waals surface area contributed by atoms with Crippen LogP contribution in [0.25, 0.3) is 0 Å². The Morgan fingerprint density at radius 2 is 1.92 bits per heavy atom. The van der Waals surface area contributed by atoms with E-state index in [1.165, 1.54) is 5.56 Å². The summed E-state index contributed by atoms with van der Waals surface area (Å²) in [6, 6.07) is 15.4. The molecule has 0 aliphatic carbocycles. The van der Waals surface area contributed by atoms with Crippen molar-refractivity contribution >= 4 is 35.4 Å². The molecule has 0 aliphatic heterocycles. The molecule has 0 radical (unpaired) electrons. The molecule has 130 valence electrons. The summed E-state index contributed by atoms with van der Waals surface area (Å²) < 4.78 is 8.35. The van der Waals surface area contributed by atoms with Crippen molar-refractivity contribution in [2.75, 3.05) is 6.61 Å². The van der Waals surface area contributed by atoms with Crippen LogP contribution in [0.15, 0.2) is 48.5 Å². The van der Waals surface area contributed by atoms with Crippen LogP contribution in [-0.4, -0.2) is 21.4 Å². The van der Waals surface area contributed by atoms with Gasteiger partial charge in [-0.1, -0.05) is 53.5 Å². The summed E-state index contributed by atoms with van der Waals surface area (Å²) in [5, 5.41) is 8.31. The molecule has 0 saturated carbocycles. The highest BCUT2D eigenvalue weighted by molar-refractivity contribution is 7.71. The monoisotopic (exact) mass is 393 g/mol. The third-order valence-corrected chi connectivity index (χ3v) is 4.56. The lowest BCUT2D eigenvalue weighted by molar-refractivity contribution is 0.309. The van der Waals surface area contributed by atoms with E-state index in [-0.39, 0.29) is 0 Å². The Balaban J connectivity index is 1.58. The molecule has 1 N–H and O–H groups in total. The van der Waals surface area contributed by atoms with E-state index in [1.807, 2.05) is 22.8 Å². The van der Waals surface area contributed by atoms with Gasteiger partial charge in [0, 0.05) is 11.4 Å². The summed E-state index contributed by atoms with van der Waals surface area (Å²) >= 11 is 17.3. The number of hydrogen-bond donors (Lipinski definition) is 1. The second-order valence-corrected chi connectivity index (χ2v) is 6.77. The molecule has 2 aromatic carbocycles. The number of aromatic nitrogens is 3. The largest absolute Gasteiger partial charge is 0.492 e. The molecule has 0 bridgehead atoms. The quantitative estimate of drug-likeness (QED) is 0.436. The van der Waals surface area contributed by atoms with Crippen LogP contribution in [0.5, 0.6) is 5.75 Å². The van der Waals surface area contributed by atoms with Gasteiger partial charge < -0.3 is 4.74 Å². The van der Waals surface area contributed by atoms with Gasteiger partial charge in [0.1, 0.15) is 11.6 Å². The molecule has 3 rings (SSSR count). The molecule has 0 saturated heterocycles. The van der Waals surface area contributed by atoms with E-state index in [0.717, 1.165) is 18.7 Å². The Morgan fingerprint density at radius 1 is 1.12 bits per heavy atom. The maximum Gasteiger partial charge on any atom is 0.195 e. The number of H-pyrrole nitrogens is 1. The Kier molecular flexibility index (Phi) is 6.13. The minimum absolute atomic E-state index is 0.513. The number of aryl methyl sites for hydroxylation is 1. The van der Waals surface area contributed by atoms with Crippen molar-refractivity contribution in [3.63, 3.8) is 0 Å². The van der Waals surface area contributed by atoms with Crippen LogP contribution in [-0.2, 0) is 13.0 Å². The molecule has 0 aliphatic rings. The highest BCUT2D eigenvalue weighted by Gasteiger charge is 2.08. The van der Waals surface area contributed by atoms with Crippen LogP contribution in [0.3, 0.4) is 0 Å². The lowest BCUT2D eigenvalue weighted by Crippen LogP contribution is -2.08. The third kappa shape index (κ3) is 4.84. The van der Waals surface area contributed by atoms with Crippen molar-refractivity contribution in [1.82, 2.24) is 14.8 Å². The highest BCUT2D eigenvalue weighted by atomic mass is 35.5. The van der Waals surface area contributed by atoms with Gasteiger partial charge in [0.05, 0.1) is 18.2 Å². The van der Waals surface area contributed by atoms with Gasteiger partial charge in [-0.15, -0.1) is 0 Å². The fourth-order valence-corrected chi connectivity index (χ4v) is 3.15. The molecule has 0 fully saturated rings. The first-order valence-corrected chi connectivity index (χ1v) is 9.06. The highest BCUT2D eigenvalue weighted by Crippen LogP contribution is 2.27. The Bertz CT molecular complexity index is 893. The summed E-state index contributed by atoms with van der Waals surface area (Å²) in [7, 11) is 0. The minimum Gasteiger partial charge on any atom is -0.492 e. The number of hydrogen-bond acceptors (Lipinski definition) is 3. The summed E-state index contributed by atoms with van der Waals surface area (Å²) in [5.74, 6) is 1.55. The maximum absolute atomic E-state index is 6.10. The zero-order valence-electron chi connectivity index (χ0n) is 13.4. The smallest absolute Gasteiger partial charge is 0.195 e. The minimum atomic E-state index is 0.513. The van der Waals surface area contributed by atoms with Gasteiger partial charge in [-0.05, 0) is 42.4 Å². The number of benzene rings is 2. The summed E-state index contributed by atoms with van der Waals surface area (Å²) in [4.78, 5) is 0. The summed E-state index contributed by atoms with van der Waals surface area (Å²) in [6.45, 7) is 1.24. The molecular weight excluding hydrogens is 377 g/mol. The lowest BCUT2D eigenvalue weighted by Gasteiger charge is -2.09. The van der Waals surface area contributed by atoms with Gasteiger partial charge in [-0.3, -0.25) is 9.67 Å². The van der Waals surface area contributed by atoms with E-state index in [4.69, 9.17) is 40.2 Å². The van der Waals surface area contributed by atoms with E-state index in [2.05, 4.69) is 22.3 Å². The average molecular weight is 394 g/mol. The number of nitrogens with one attached hydrogen (secondary N) is 1. The topological polar surface area (TPSA) is 42.8 Å². The molecule has 0 unspecified atom stereocenters. The predicted octanol–water partition coefficient (Wildman–Crippen LogP) is 5.31. The molecule has 1 aromatic heterocycles. The van der Waals surface area contributed by atoms with Gasteiger partial charge >= 0.3 is 0 Å². The number of rotatable bonds is 7. The van der Waals surface area contributed by atoms with Crippen LogP contribution in [0.4, 0.5) is 0 Å². The SMILES string of the molecule is S=c1[nH]nc(CCCOc2ccc(Cl)cc2Cl)n1Cc1ccccc1. The second kappa shape index (κ2) is 8.52.